The molecule has 0 spiro atoms. The van der Waals surface area contributed by atoms with E-state index in [2.05, 4.69) is 93.4 Å². The van der Waals surface area contributed by atoms with Crippen LogP contribution in [0.5, 0.6) is 0 Å². The Labute approximate surface area is 190 Å². The van der Waals surface area contributed by atoms with Gasteiger partial charge in [0.2, 0.25) is 0 Å². The van der Waals surface area contributed by atoms with E-state index in [-0.39, 0.29) is 0 Å². The summed E-state index contributed by atoms with van der Waals surface area (Å²) in [6.45, 7) is 4.13. The van der Waals surface area contributed by atoms with Crippen LogP contribution in [0.4, 0.5) is 11.4 Å². The first-order valence-corrected chi connectivity index (χ1v) is 15.4. The molecule has 3 nitrogen and oxygen atoms in total. The van der Waals surface area contributed by atoms with Crippen LogP contribution in [0.2, 0.25) is 0 Å². The molecule has 0 amide bonds. The average molecular weight is 625 g/mol. The van der Waals surface area contributed by atoms with Crippen LogP contribution in [0.15, 0.2) is 70.6 Å². The molecule has 0 aliphatic heterocycles. The fourth-order valence-corrected chi connectivity index (χ4v) is 2.49. The van der Waals surface area contributed by atoms with Crippen LogP contribution in [-0.2, 0) is 15.5 Å². The number of benzene rings is 2. The molecule has 2 aromatic carbocycles. The van der Waals surface area contributed by atoms with Gasteiger partial charge in [0.25, 0.3) is 0 Å². The molecule has 0 aliphatic rings. The second kappa shape index (κ2) is 11.8. The third-order valence-corrected chi connectivity index (χ3v) is 4.10. The second-order valence-corrected chi connectivity index (χ2v) is 15.2. The number of rotatable bonds is 4. The van der Waals surface area contributed by atoms with E-state index >= 15 is 0 Å². The monoisotopic (exact) mass is 625 g/mol. The fourth-order valence-electron chi connectivity index (χ4n) is 2.49. The summed E-state index contributed by atoms with van der Waals surface area (Å²) in [5.41, 5.74) is 6.42. The van der Waals surface area contributed by atoms with Crippen LogP contribution in [0.3, 0.4) is 0 Å². The topological polar surface area (TPSA) is 29.6 Å². The zero-order valence-electron chi connectivity index (χ0n) is 15.4. The number of aliphatic imine (C=N–C) groups is 2. The molecule has 27 heavy (non-hydrogen) atoms. The van der Waals surface area contributed by atoms with Crippen LogP contribution >= 0.6 is 40.7 Å². The summed E-state index contributed by atoms with van der Waals surface area (Å²) in [6, 6.07) is 20.4. The summed E-state index contributed by atoms with van der Waals surface area (Å²) in [7, 11) is 3.22. The summed E-state index contributed by atoms with van der Waals surface area (Å²) >= 11 is 4.55. The summed E-state index contributed by atoms with van der Waals surface area (Å²) in [5, 5.41) is 0. The third-order valence-electron chi connectivity index (χ3n) is 4.10. The first-order chi connectivity index (χ1) is 13.1. The molecule has 1 aromatic heterocycles. The van der Waals surface area contributed by atoms with Gasteiger partial charge < -0.3 is 4.57 Å². The van der Waals surface area contributed by atoms with Crippen molar-refractivity contribution in [2.45, 2.75) is 13.8 Å². The molecule has 0 N–H and O–H groups in total. The van der Waals surface area contributed by atoms with E-state index < -0.39 is 0 Å². The molecule has 0 bridgehead atoms. The number of para-hydroxylation sites is 2. The van der Waals surface area contributed by atoms with Crippen LogP contribution in [0.1, 0.15) is 22.5 Å². The maximum absolute atomic E-state index is 4.59. The molecule has 0 aliphatic carbocycles. The fraction of sp³-hybridized carbons (Fsp3) is 0.143. The number of aromatic nitrogens is 1. The van der Waals surface area contributed by atoms with Gasteiger partial charge in [-0.3, -0.25) is 9.98 Å². The number of hydrogen-bond donors (Lipinski definition) is 0. The van der Waals surface area contributed by atoms with Gasteiger partial charge in [-0.25, -0.2) is 0 Å². The van der Waals surface area contributed by atoms with Gasteiger partial charge in [0, 0.05) is 7.05 Å². The summed E-state index contributed by atoms with van der Waals surface area (Å²) < 4.78 is 2.09. The predicted octanol–water partition coefficient (Wildman–Crippen LogP) is 6.91. The first-order valence-electron chi connectivity index (χ1n) is 8.27. The quantitative estimate of drug-likeness (QED) is 0.172. The Morgan fingerprint density at radius 3 is 1.48 bits per heavy atom. The average Bonchev–Trinajstić information content (AvgIpc) is 3.01. The van der Waals surface area contributed by atoms with E-state index in [1.807, 2.05) is 55.9 Å². The zero-order valence-corrected chi connectivity index (χ0v) is 20.8. The standard InChI is InChI=1S/C21H21N3.Fe.2HI/c1-16-8-4-6-10-20(16)22-14-18-12-13-19(24(18)3)15-23-21-11-7-5-9-17(21)2;;;/h4-15H,1-3H3;;2*1H/q;+2;;/p-2. The molecule has 3 rings (SSSR count). The Bertz CT molecular complexity index is 860. The molecule has 0 atom stereocenters. The van der Waals surface area contributed by atoms with Crippen molar-refractivity contribution in [1.82, 2.24) is 4.57 Å². The van der Waals surface area contributed by atoms with E-state index in [4.69, 9.17) is 0 Å². The molecule has 0 saturated carbocycles. The van der Waals surface area contributed by atoms with Gasteiger partial charge in [0.05, 0.1) is 35.2 Å². The Balaban J connectivity index is 0.000000817. The molecule has 0 radical (unpaired) electrons. The van der Waals surface area contributed by atoms with Crippen molar-refractivity contribution in [3.8, 4) is 0 Å². The first kappa shape index (κ1) is 22.3. The molecule has 3 aromatic rings. The van der Waals surface area contributed by atoms with Crippen molar-refractivity contribution < 1.29 is 8.46 Å². The van der Waals surface area contributed by atoms with Crippen LogP contribution in [0, 0.1) is 13.8 Å². The zero-order chi connectivity index (χ0) is 19.6. The molecular weight excluding hydrogens is 604 g/mol. The number of aryl methyl sites for hydroxylation is 2. The third kappa shape index (κ3) is 6.85. The Morgan fingerprint density at radius 2 is 1.11 bits per heavy atom. The summed E-state index contributed by atoms with van der Waals surface area (Å²) in [4.78, 5) is 9.18. The van der Waals surface area contributed by atoms with Crippen molar-refractivity contribution in [1.29, 1.82) is 0 Å². The molecule has 0 saturated heterocycles. The number of halogens is 2. The van der Waals surface area contributed by atoms with Crippen LogP contribution < -0.4 is 0 Å². The van der Waals surface area contributed by atoms with Crippen molar-refractivity contribution in [3.63, 3.8) is 0 Å². The van der Waals surface area contributed by atoms with Gasteiger partial charge in [-0.1, -0.05) is 36.4 Å². The summed E-state index contributed by atoms with van der Waals surface area (Å²) in [6.07, 6.45) is 3.79. The van der Waals surface area contributed by atoms with Gasteiger partial charge >= 0.3 is 49.1 Å². The molecule has 142 valence electrons. The predicted molar refractivity (Wildman–Crippen MR) is 130 cm³/mol. The Morgan fingerprint density at radius 1 is 0.741 bits per heavy atom. The summed E-state index contributed by atoms with van der Waals surface area (Å²) in [5.74, 6) is 0. The van der Waals surface area contributed by atoms with E-state index in [1.54, 1.807) is 0 Å². The Kier molecular flexibility index (Phi) is 9.75. The van der Waals surface area contributed by atoms with E-state index in [9.17, 15) is 0 Å². The van der Waals surface area contributed by atoms with Crippen LogP contribution in [-0.4, -0.2) is 17.0 Å². The molecule has 1 heterocycles. The van der Waals surface area contributed by atoms with E-state index in [1.165, 1.54) is 19.6 Å². The Hall–Kier alpha value is -0.961. The SMILES string of the molecule is Cc1ccccc1N=Cc1ccc(C=Nc2ccccc2C)n1C.[I][Fe][I]. The molecule has 6 heteroatoms. The maximum atomic E-state index is 4.59. The minimum atomic E-state index is 0.994. The number of nitrogens with zero attached hydrogens (tertiary/aromatic N) is 3. The number of hydrogen-bond acceptors (Lipinski definition) is 2. The van der Waals surface area contributed by atoms with Gasteiger partial charge in [-0.2, -0.15) is 0 Å². The normalized spacial score (nSPS) is 11.1. The molecule has 0 unspecified atom stereocenters. The van der Waals surface area contributed by atoms with Crippen molar-refractivity contribution >= 4 is 64.5 Å². The minimum absolute atomic E-state index is 0.994. The van der Waals surface area contributed by atoms with Gasteiger partial charge in [-0.05, 0) is 49.2 Å². The second-order valence-electron chi connectivity index (χ2n) is 5.88. The van der Waals surface area contributed by atoms with Gasteiger partial charge in [-0.15, -0.1) is 0 Å². The van der Waals surface area contributed by atoms with Crippen molar-refractivity contribution in [2.75, 3.05) is 0 Å². The molecular formula is C21H21FeI2N3. The van der Waals surface area contributed by atoms with Crippen LogP contribution in [0.25, 0.3) is 0 Å². The van der Waals surface area contributed by atoms with E-state index in [0.29, 0.717) is 0 Å². The van der Waals surface area contributed by atoms with Crippen molar-refractivity contribution in [2.24, 2.45) is 17.0 Å². The van der Waals surface area contributed by atoms with Crippen molar-refractivity contribution in [3.05, 3.63) is 83.2 Å². The van der Waals surface area contributed by atoms with E-state index in [0.717, 1.165) is 22.8 Å². The van der Waals surface area contributed by atoms with Gasteiger partial charge in [0.15, 0.2) is 0 Å². The molecule has 0 fully saturated rings. The van der Waals surface area contributed by atoms with Gasteiger partial charge in [0.1, 0.15) is 0 Å².